The van der Waals surface area contributed by atoms with Gasteiger partial charge >= 0.3 is 0 Å². The van der Waals surface area contributed by atoms with Gasteiger partial charge in [-0.05, 0) is 32.9 Å². The van der Waals surface area contributed by atoms with Crippen molar-refractivity contribution >= 4 is 0 Å². The largest absolute Gasteiger partial charge is 0.392 e. The summed E-state index contributed by atoms with van der Waals surface area (Å²) in [5.41, 5.74) is 1.10. The summed E-state index contributed by atoms with van der Waals surface area (Å²) in [7, 11) is 2.02. The van der Waals surface area contributed by atoms with Crippen molar-refractivity contribution in [2.45, 2.75) is 51.3 Å². The number of likely N-dealkylation sites (N-methyl/N-ethyl adjacent to an activating group) is 1. The highest BCUT2D eigenvalue weighted by atomic mass is 16.3. The Hall–Kier alpha value is -0.870. The predicted molar refractivity (Wildman–Crippen MR) is 67.7 cm³/mol. The van der Waals surface area contributed by atoms with Crippen LogP contribution in [0.2, 0.25) is 0 Å². The fourth-order valence-corrected chi connectivity index (χ4v) is 2.63. The molecule has 1 aliphatic rings. The smallest absolute Gasteiger partial charge is 0.0764 e. The van der Waals surface area contributed by atoms with E-state index in [-0.39, 0.29) is 6.10 Å². The Kier molecular flexibility index (Phi) is 4.18. The van der Waals surface area contributed by atoms with E-state index in [1.54, 1.807) is 0 Å². The van der Waals surface area contributed by atoms with E-state index in [0.717, 1.165) is 12.2 Å². The Balaban J connectivity index is 1.89. The molecule has 0 amide bonds. The summed E-state index contributed by atoms with van der Waals surface area (Å²) in [6, 6.07) is 2.71. The van der Waals surface area contributed by atoms with Crippen molar-refractivity contribution in [3.63, 3.8) is 0 Å². The molecule has 1 atom stereocenters. The third-order valence-corrected chi connectivity index (χ3v) is 3.37. The van der Waals surface area contributed by atoms with Gasteiger partial charge in [-0.3, -0.25) is 9.58 Å². The third-order valence-electron chi connectivity index (χ3n) is 3.37. The van der Waals surface area contributed by atoms with Crippen LogP contribution in [0.15, 0.2) is 12.3 Å². The molecular weight excluding hydrogens is 214 g/mol. The number of aliphatic hydroxyl groups excluding tert-OH is 1. The van der Waals surface area contributed by atoms with Gasteiger partial charge in [-0.1, -0.05) is 12.8 Å². The summed E-state index contributed by atoms with van der Waals surface area (Å²) in [5.74, 6) is 0. The number of hydrogen-bond donors (Lipinski definition) is 1. The van der Waals surface area contributed by atoms with Gasteiger partial charge in [0, 0.05) is 19.3 Å². The van der Waals surface area contributed by atoms with Crippen molar-refractivity contribution < 1.29 is 5.11 Å². The molecule has 1 aliphatic carbocycles. The molecule has 2 rings (SSSR count). The first-order valence-electron chi connectivity index (χ1n) is 6.56. The fourth-order valence-electron chi connectivity index (χ4n) is 2.63. The molecule has 4 nitrogen and oxygen atoms in total. The molecule has 1 unspecified atom stereocenters. The van der Waals surface area contributed by atoms with Crippen LogP contribution in [0.5, 0.6) is 0 Å². The molecule has 1 fully saturated rings. The highest BCUT2D eigenvalue weighted by Crippen LogP contribution is 2.28. The summed E-state index contributed by atoms with van der Waals surface area (Å²) in [5, 5.41) is 13.9. The predicted octanol–water partition coefficient (Wildman–Crippen LogP) is 1.81. The molecule has 1 N–H and O–H groups in total. The van der Waals surface area contributed by atoms with Gasteiger partial charge in [0.15, 0.2) is 0 Å². The van der Waals surface area contributed by atoms with Gasteiger partial charge in [-0.2, -0.15) is 5.10 Å². The second kappa shape index (κ2) is 5.65. The van der Waals surface area contributed by atoms with Crippen LogP contribution in [0.25, 0.3) is 0 Å². The lowest BCUT2D eigenvalue weighted by atomic mass is 10.3. The van der Waals surface area contributed by atoms with Crippen LogP contribution in [-0.4, -0.2) is 39.5 Å². The van der Waals surface area contributed by atoms with Gasteiger partial charge in [0.25, 0.3) is 0 Å². The number of aliphatic hydroxyl groups is 1. The van der Waals surface area contributed by atoms with Gasteiger partial charge in [-0.15, -0.1) is 0 Å². The molecular formula is C13H23N3O. The Morgan fingerprint density at radius 1 is 1.53 bits per heavy atom. The van der Waals surface area contributed by atoms with Gasteiger partial charge in [0.2, 0.25) is 0 Å². The van der Waals surface area contributed by atoms with Crippen LogP contribution >= 0.6 is 0 Å². The van der Waals surface area contributed by atoms with Crippen molar-refractivity contribution in [2.75, 3.05) is 13.6 Å². The number of rotatable bonds is 5. The minimum Gasteiger partial charge on any atom is -0.392 e. The van der Waals surface area contributed by atoms with E-state index in [1.807, 2.05) is 14.0 Å². The molecule has 1 aromatic rings. The Labute approximate surface area is 103 Å². The molecule has 0 bridgehead atoms. The van der Waals surface area contributed by atoms with E-state index in [1.165, 1.54) is 25.7 Å². The third kappa shape index (κ3) is 3.54. The first-order chi connectivity index (χ1) is 8.15. The maximum absolute atomic E-state index is 9.31. The average Bonchev–Trinajstić information content (AvgIpc) is 2.84. The zero-order chi connectivity index (χ0) is 12.3. The monoisotopic (exact) mass is 237 g/mol. The normalized spacial score (nSPS) is 19.1. The standard InChI is InChI=1S/C13H23N3O/c1-11(17)9-15(2)10-12-7-8-16(14-12)13-5-3-4-6-13/h7-8,11,13,17H,3-6,9-10H2,1-2H3. The van der Waals surface area contributed by atoms with Crippen LogP contribution in [-0.2, 0) is 6.54 Å². The Bertz CT molecular complexity index is 342. The van der Waals surface area contributed by atoms with Crippen LogP contribution in [0.4, 0.5) is 0 Å². The molecule has 0 aliphatic heterocycles. The Morgan fingerprint density at radius 3 is 2.88 bits per heavy atom. The summed E-state index contributed by atoms with van der Waals surface area (Å²) < 4.78 is 2.12. The SMILES string of the molecule is CC(O)CN(C)Cc1ccn(C2CCCC2)n1. The van der Waals surface area contributed by atoms with E-state index >= 15 is 0 Å². The molecule has 0 aromatic carbocycles. The lowest BCUT2D eigenvalue weighted by Crippen LogP contribution is -2.27. The topological polar surface area (TPSA) is 41.3 Å². The molecule has 0 saturated heterocycles. The van der Waals surface area contributed by atoms with Crippen LogP contribution in [0.1, 0.15) is 44.3 Å². The van der Waals surface area contributed by atoms with Crippen LogP contribution in [0, 0.1) is 0 Å². The number of nitrogens with zero attached hydrogens (tertiary/aromatic N) is 3. The summed E-state index contributed by atoms with van der Waals surface area (Å²) in [6.07, 6.45) is 7.03. The first kappa shape index (κ1) is 12.6. The zero-order valence-electron chi connectivity index (χ0n) is 10.8. The van der Waals surface area contributed by atoms with Crippen molar-refractivity contribution in [1.29, 1.82) is 0 Å². The second-order valence-electron chi connectivity index (χ2n) is 5.27. The van der Waals surface area contributed by atoms with E-state index in [9.17, 15) is 5.11 Å². The molecule has 1 aromatic heterocycles. The van der Waals surface area contributed by atoms with E-state index in [4.69, 9.17) is 0 Å². The summed E-state index contributed by atoms with van der Waals surface area (Å²) in [6.45, 7) is 3.31. The highest BCUT2D eigenvalue weighted by Gasteiger charge is 2.17. The second-order valence-corrected chi connectivity index (χ2v) is 5.27. The van der Waals surface area contributed by atoms with Crippen LogP contribution in [0.3, 0.4) is 0 Å². The molecule has 0 radical (unpaired) electrons. The molecule has 1 saturated carbocycles. The minimum atomic E-state index is -0.281. The van der Waals surface area contributed by atoms with E-state index in [2.05, 4.69) is 26.9 Å². The Morgan fingerprint density at radius 2 is 2.24 bits per heavy atom. The molecule has 4 heteroatoms. The fraction of sp³-hybridized carbons (Fsp3) is 0.769. The van der Waals surface area contributed by atoms with Crippen molar-refractivity contribution in [2.24, 2.45) is 0 Å². The average molecular weight is 237 g/mol. The summed E-state index contributed by atoms with van der Waals surface area (Å²) in [4.78, 5) is 2.10. The zero-order valence-corrected chi connectivity index (χ0v) is 10.8. The molecule has 0 spiro atoms. The molecule has 1 heterocycles. The van der Waals surface area contributed by atoms with E-state index < -0.39 is 0 Å². The van der Waals surface area contributed by atoms with Crippen LogP contribution < -0.4 is 0 Å². The quantitative estimate of drug-likeness (QED) is 0.849. The van der Waals surface area contributed by atoms with Gasteiger partial charge in [0.1, 0.15) is 0 Å². The van der Waals surface area contributed by atoms with Crippen molar-refractivity contribution in [3.05, 3.63) is 18.0 Å². The van der Waals surface area contributed by atoms with Gasteiger partial charge in [0.05, 0.1) is 17.8 Å². The summed E-state index contributed by atoms with van der Waals surface area (Å²) >= 11 is 0. The number of aromatic nitrogens is 2. The maximum atomic E-state index is 9.31. The van der Waals surface area contributed by atoms with Crippen molar-refractivity contribution in [3.8, 4) is 0 Å². The minimum absolute atomic E-state index is 0.281. The van der Waals surface area contributed by atoms with Gasteiger partial charge < -0.3 is 5.11 Å². The highest BCUT2D eigenvalue weighted by molar-refractivity contribution is 5.00. The lowest BCUT2D eigenvalue weighted by Gasteiger charge is -2.16. The first-order valence-corrected chi connectivity index (χ1v) is 6.56. The van der Waals surface area contributed by atoms with E-state index in [0.29, 0.717) is 12.6 Å². The molecule has 96 valence electrons. The van der Waals surface area contributed by atoms with Crippen molar-refractivity contribution in [1.82, 2.24) is 14.7 Å². The number of hydrogen-bond acceptors (Lipinski definition) is 3. The lowest BCUT2D eigenvalue weighted by molar-refractivity contribution is 0.137. The molecule has 17 heavy (non-hydrogen) atoms. The van der Waals surface area contributed by atoms with Gasteiger partial charge in [-0.25, -0.2) is 0 Å². The maximum Gasteiger partial charge on any atom is 0.0764 e.